The van der Waals surface area contributed by atoms with Crippen LogP contribution in [0.25, 0.3) is 21.1 Å². The summed E-state index contributed by atoms with van der Waals surface area (Å²) >= 11 is 4.93. The lowest BCUT2D eigenvalue weighted by atomic mass is 10.3. The number of halogens is 1. The molecule has 0 aliphatic heterocycles. The number of pyridine rings is 1. The van der Waals surface area contributed by atoms with Gasteiger partial charge >= 0.3 is 0 Å². The average Bonchev–Trinajstić information content (AvgIpc) is 2.89. The maximum Gasteiger partial charge on any atom is 0.133 e. The van der Waals surface area contributed by atoms with E-state index in [1.54, 1.807) is 23.7 Å². The zero-order chi connectivity index (χ0) is 12.4. The van der Waals surface area contributed by atoms with Gasteiger partial charge in [-0.3, -0.25) is 4.98 Å². The summed E-state index contributed by atoms with van der Waals surface area (Å²) in [6.07, 6.45) is 5.12. The minimum absolute atomic E-state index is 0.816. The summed E-state index contributed by atoms with van der Waals surface area (Å²) in [7, 11) is 0. The van der Waals surface area contributed by atoms with E-state index in [0.29, 0.717) is 0 Å². The Labute approximate surface area is 117 Å². The highest BCUT2D eigenvalue weighted by atomic mass is 79.9. The molecule has 0 unspecified atom stereocenters. The number of hydrogen-bond acceptors (Lipinski definition) is 4. The van der Waals surface area contributed by atoms with Gasteiger partial charge in [-0.05, 0) is 34.1 Å². The van der Waals surface area contributed by atoms with Crippen LogP contribution in [0.5, 0.6) is 0 Å². The molecule has 0 amide bonds. The molecule has 0 radical (unpaired) electrons. The molecule has 0 atom stereocenters. The van der Waals surface area contributed by atoms with Gasteiger partial charge in [0, 0.05) is 12.4 Å². The summed E-state index contributed by atoms with van der Waals surface area (Å²) in [6, 6.07) is 11.6. The van der Waals surface area contributed by atoms with Gasteiger partial charge in [0.25, 0.3) is 0 Å². The Morgan fingerprint density at radius 3 is 2.94 bits per heavy atom. The zero-order valence-electron chi connectivity index (χ0n) is 9.09. The molecule has 0 fully saturated rings. The third kappa shape index (κ3) is 2.26. The summed E-state index contributed by atoms with van der Waals surface area (Å²) in [5, 5.41) is 0.871. The highest BCUT2D eigenvalue weighted by Crippen LogP contribution is 2.30. The molecular formula is C13H6BrN3S. The van der Waals surface area contributed by atoms with Gasteiger partial charge in [0.1, 0.15) is 9.61 Å². The molecule has 3 aromatic rings. The third-order valence-electron chi connectivity index (χ3n) is 2.25. The van der Waals surface area contributed by atoms with Crippen LogP contribution >= 0.6 is 27.3 Å². The van der Waals surface area contributed by atoms with Crippen LogP contribution in [0.3, 0.4) is 0 Å². The molecule has 3 aromatic heterocycles. The highest BCUT2D eigenvalue weighted by molar-refractivity contribution is 9.10. The first-order valence-corrected chi connectivity index (χ1v) is 6.76. The largest absolute Gasteiger partial charge is 0.254 e. The number of hydrogen-bond donors (Lipinski definition) is 0. The van der Waals surface area contributed by atoms with Crippen molar-refractivity contribution in [2.75, 3.05) is 0 Å². The third-order valence-corrected chi connectivity index (χ3v) is 3.75. The molecule has 3 rings (SSSR count). The second-order valence-electron chi connectivity index (χ2n) is 3.47. The molecule has 86 valence electrons. The van der Waals surface area contributed by atoms with E-state index in [1.165, 1.54) is 0 Å². The second kappa shape index (κ2) is 4.84. The smallest absolute Gasteiger partial charge is 0.133 e. The lowest BCUT2D eigenvalue weighted by Gasteiger charge is -1.95. The topological polar surface area (TPSA) is 38.7 Å². The first-order valence-electron chi connectivity index (χ1n) is 5.15. The molecule has 0 spiro atoms. The maximum absolute atomic E-state index is 4.40. The van der Waals surface area contributed by atoms with Crippen molar-refractivity contribution in [3.63, 3.8) is 0 Å². The fourth-order valence-electron chi connectivity index (χ4n) is 1.46. The summed E-state index contributed by atoms with van der Waals surface area (Å²) in [5.41, 5.74) is 1.75. The van der Waals surface area contributed by atoms with Crippen LogP contribution in [-0.2, 0) is 0 Å². The van der Waals surface area contributed by atoms with E-state index in [4.69, 9.17) is 0 Å². The molecule has 5 heteroatoms. The van der Waals surface area contributed by atoms with E-state index in [-0.39, 0.29) is 0 Å². The van der Waals surface area contributed by atoms with Gasteiger partial charge in [0.15, 0.2) is 0 Å². The van der Waals surface area contributed by atoms with E-state index >= 15 is 0 Å². The maximum atomic E-state index is 4.40. The molecule has 18 heavy (non-hydrogen) atoms. The predicted molar refractivity (Wildman–Crippen MR) is 73.9 cm³/mol. The molecule has 3 heterocycles. The Morgan fingerprint density at radius 2 is 2.17 bits per heavy atom. The van der Waals surface area contributed by atoms with Crippen molar-refractivity contribution in [1.29, 1.82) is 0 Å². The molecule has 0 bridgehead atoms. The van der Waals surface area contributed by atoms with E-state index in [0.717, 1.165) is 25.7 Å². The first-order chi connectivity index (χ1) is 8.83. The Kier molecular flexibility index (Phi) is 3.05. The first kappa shape index (κ1) is 11.3. The van der Waals surface area contributed by atoms with E-state index in [9.17, 15) is 0 Å². The SMILES string of the molecule is Brc1cccc(-c2cnc(-c3c#ccnc3)s2)n1. The van der Waals surface area contributed by atoms with Crippen molar-refractivity contribution in [3.05, 3.63) is 53.5 Å². The predicted octanol–water partition coefficient (Wildman–Crippen LogP) is 3.63. The monoisotopic (exact) mass is 315 g/mol. The lowest BCUT2D eigenvalue weighted by molar-refractivity contribution is 1.28. The normalized spacial score (nSPS) is 10.1. The quantitative estimate of drug-likeness (QED) is 0.678. The average molecular weight is 316 g/mol. The molecule has 3 nitrogen and oxygen atoms in total. The van der Waals surface area contributed by atoms with Gasteiger partial charge in [-0.1, -0.05) is 12.1 Å². The second-order valence-corrected chi connectivity index (χ2v) is 5.31. The summed E-state index contributed by atoms with van der Waals surface area (Å²) in [6.45, 7) is 0. The van der Waals surface area contributed by atoms with Crippen LogP contribution in [-0.4, -0.2) is 15.0 Å². The number of thiazole rings is 1. The summed E-state index contributed by atoms with van der Waals surface area (Å²) < 4.78 is 0.816. The van der Waals surface area contributed by atoms with Gasteiger partial charge in [0.2, 0.25) is 0 Å². The summed E-state index contributed by atoms with van der Waals surface area (Å²) in [4.78, 5) is 13.8. The molecule has 0 N–H and O–H groups in total. The van der Waals surface area contributed by atoms with Crippen LogP contribution in [0.2, 0.25) is 0 Å². The Morgan fingerprint density at radius 1 is 1.22 bits per heavy atom. The van der Waals surface area contributed by atoms with E-state index in [2.05, 4.69) is 43.0 Å². The van der Waals surface area contributed by atoms with Crippen LogP contribution in [0.4, 0.5) is 0 Å². The fourth-order valence-corrected chi connectivity index (χ4v) is 2.66. The molecular weight excluding hydrogens is 310 g/mol. The molecule has 0 aromatic carbocycles. The minimum Gasteiger partial charge on any atom is -0.254 e. The van der Waals surface area contributed by atoms with Gasteiger partial charge < -0.3 is 0 Å². The molecule has 0 aliphatic rings. The van der Waals surface area contributed by atoms with Crippen molar-refractivity contribution in [2.45, 2.75) is 0 Å². The van der Waals surface area contributed by atoms with Crippen LogP contribution in [0.15, 0.2) is 41.4 Å². The van der Waals surface area contributed by atoms with Crippen LogP contribution < -0.4 is 0 Å². The van der Waals surface area contributed by atoms with Crippen molar-refractivity contribution in [2.24, 2.45) is 0 Å². The minimum atomic E-state index is 0.816. The highest BCUT2D eigenvalue weighted by Gasteiger charge is 2.07. The van der Waals surface area contributed by atoms with Crippen molar-refractivity contribution < 1.29 is 0 Å². The Balaban J connectivity index is 2.00. The zero-order valence-corrected chi connectivity index (χ0v) is 11.5. The molecule has 0 aliphatic carbocycles. The van der Waals surface area contributed by atoms with E-state index < -0.39 is 0 Å². The van der Waals surface area contributed by atoms with E-state index in [1.807, 2.05) is 24.4 Å². The van der Waals surface area contributed by atoms with Crippen LogP contribution in [0.1, 0.15) is 0 Å². The number of nitrogens with zero attached hydrogens (tertiary/aromatic N) is 3. The van der Waals surface area contributed by atoms with Crippen molar-refractivity contribution >= 4 is 27.3 Å². The number of rotatable bonds is 2. The Bertz CT molecular complexity index is 667. The lowest BCUT2D eigenvalue weighted by Crippen LogP contribution is -1.79. The Hall–Kier alpha value is -1.77. The summed E-state index contributed by atoms with van der Waals surface area (Å²) in [5.74, 6) is 0. The van der Waals surface area contributed by atoms with Gasteiger partial charge in [0.05, 0.1) is 22.3 Å². The molecule has 0 saturated carbocycles. The standard InChI is InChI=1S/C13H6BrN3S/c14-12-5-1-4-10(17-12)11-8-16-13(18-11)9-3-2-6-15-7-9/h1,4-8H. The van der Waals surface area contributed by atoms with Crippen molar-refractivity contribution in [3.8, 4) is 21.1 Å². The fraction of sp³-hybridized carbons (Fsp3) is 0. The molecule has 0 saturated heterocycles. The van der Waals surface area contributed by atoms with Gasteiger partial charge in [-0.25, -0.2) is 9.97 Å². The van der Waals surface area contributed by atoms with Gasteiger partial charge in [-0.15, -0.1) is 11.3 Å². The van der Waals surface area contributed by atoms with Crippen LogP contribution in [0, 0.1) is 12.1 Å². The van der Waals surface area contributed by atoms with Gasteiger partial charge in [-0.2, -0.15) is 0 Å². The van der Waals surface area contributed by atoms with Crippen molar-refractivity contribution in [1.82, 2.24) is 15.0 Å². The number of aromatic nitrogens is 3.